The molecule has 2 rings (SSSR count). The van der Waals surface area contributed by atoms with Gasteiger partial charge in [0.1, 0.15) is 17.4 Å². The van der Waals surface area contributed by atoms with Gasteiger partial charge in [-0.3, -0.25) is 0 Å². The lowest BCUT2D eigenvalue weighted by Crippen LogP contribution is -2.30. The molecule has 1 atom stereocenters. The maximum Gasteiger partial charge on any atom is 0.243 e. The van der Waals surface area contributed by atoms with Crippen molar-refractivity contribution in [2.75, 3.05) is 18.4 Å². The molecule has 0 spiro atoms. The number of sulfonamides is 1. The van der Waals surface area contributed by atoms with Gasteiger partial charge in [0.2, 0.25) is 10.0 Å². The Morgan fingerprint density at radius 3 is 2.31 bits per heavy atom. The van der Waals surface area contributed by atoms with Crippen LogP contribution < -0.4 is 5.32 Å². The van der Waals surface area contributed by atoms with Crippen molar-refractivity contribution < 1.29 is 12.8 Å². The molecule has 0 aliphatic carbocycles. The largest absolute Gasteiger partial charge is 0.377 e. The van der Waals surface area contributed by atoms with E-state index >= 15 is 0 Å². The Labute approximate surface area is 154 Å². The van der Waals surface area contributed by atoms with E-state index in [0.717, 1.165) is 5.56 Å². The van der Waals surface area contributed by atoms with Gasteiger partial charge in [-0.05, 0) is 36.8 Å². The summed E-state index contributed by atoms with van der Waals surface area (Å²) in [4.78, 5) is 0.237. The molecular weight excluding hydrogens is 353 g/mol. The van der Waals surface area contributed by atoms with Crippen LogP contribution in [0.5, 0.6) is 0 Å². The van der Waals surface area contributed by atoms with E-state index in [9.17, 15) is 12.8 Å². The van der Waals surface area contributed by atoms with E-state index in [1.807, 2.05) is 13.0 Å². The average Bonchev–Trinajstić information content (AvgIpc) is 2.63. The van der Waals surface area contributed by atoms with Crippen molar-refractivity contribution in [2.45, 2.75) is 31.7 Å². The Bertz CT molecular complexity index is 901. The first-order valence-electron chi connectivity index (χ1n) is 8.40. The topological polar surface area (TPSA) is 73.2 Å². The summed E-state index contributed by atoms with van der Waals surface area (Å²) in [6.45, 7) is 6.28. The van der Waals surface area contributed by atoms with Crippen molar-refractivity contribution in [1.29, 1.82) is 5.26 Å². The predicted octanol–water partition coefficient (Wildman–Crippen LogP) is 3.90. The van der Waals surface area contributed by atoms with E-state index in [2.05, 4.69) is 5.32 Å². The van der Waals surface area contributed by atoms with Crippen LogP contribution in [0.4, 0.5) is 10.1 Å². The Balaban J connectivity index is 2.24. The van der Waals surface area contributed by atoms with E-state index in [1.165, 1.54) is 16.4 Å². The lowest BCUT2D eigenvalue weighted by atomic mass is 10.1. The quantitative estimate of drug-likeness (QED) is 0.796. The summed E-state index contributed by atoms with van der Waals surface area (Å²) in [5, 5.41) is 12.2. The molecule has 2 aromatic rings. The second-order valence-electron chi connectivity index (χ2n) is 5.80. The van der Waals surface area contributed by atoms with Gasteiger partial charge in [-0.2, -0.15) is 9.57 Å². The number of anilines is 1. The van der Waals surface area contributed by atoms with Gasteiger partial charge in [0.05, 0.1) is 10.6 Å². The smallest absolute Gasteiger partial charge is 0.243 e. The number of nitrogens with one attached hydrogen (secondary N) is 1. The molecule has 7 heteroatoms. The maximum absolute atomic E-state index is 13.7. The minimum Gasteiger partial charge on any atom is -0.377 e. The first kappa shape index (κ1) is 19.9. The standard InChI is InChI=1S/C19H22FN3O2S/c1-4-23(5-2)26(24,25)16-11-9-15(10-12-16)14(3)22-19-8-6-7-18(20)17(19)13-21/h6-12,14,22H,4-5H2,1-3H3/t14-/m0/s1. The summed E-state index contributed by atoms with van der Waals surface area (Å²) in [5.74, 6) is -0.578. The molecule has 138 valence electrons. The van der Waals surface area contributed by atoms with Gasteiger partial charge in [0, 0.05) is 19.1 Å². The molecule has 1 N–H and O–H groups in total. The lowest BCUT2D eigenvalue weighted by Gasteiger charge is -2.20. The lowest BCUT2D eigenvalue weighted by molar-refractivity contribution is 0.445. The Kier molecular flexibility index (Phi) is 6.35. The number of hydrogen-bond acceptors (Lipinski definition) is 4. The summed E-state index contributed by atoms with van der Waals surface area (Å²) < 4.78 is 40.1. The highest BCUT2D eigenvalue weighted by atomic mass is 32.2. The number of nitrogens with zero attached hydrogens (tertiary/aromatic N) is 2. The van der Waals surface area contributed by atoms with E-state index in [4.69, 9.17) is 5.26 Å². The molecule has 5 nitrogen and oxygen atoms in total. The fourth-order valence-electron chi connectivity index (χ4n) is 2.72. The number of halogens is 1. The third-order valence-corrected chi connectivity index (χ3v) is 6.28. The van der Waals surface area contributed by atoms with Gasteiger partial charge in [-0.1, -0.05) is 32.0 Å². The van der Waals surface area contributed by atoms with Crippen LogP contribution in [0, 0.1) is 17.1 Å². The minimum absolute atomic E-state index is 0.0416. The van der Waals surface area contributed by atoms with Gasteiger partial charge in [0.25, 0.3) is 0 Å². The molecule has 0 aliphatic heterocycles. The van der Waals surface area contributed by atoms with Gasteiger partial charge in [-0.25, -0.2) is 12.8 Å². The zero-order chi connectivity index (χ0) is 19.3. The molecule has 26 heavy (non-hydrogen) atoms. The van der Waals surface area contributed by atoms with Crippen LogP contribution in [-0.2, 0) is 10.0 Å². The summed E-state index contributed by atoms with van der Waals surface area (Å²) in [5.41, 5.74) is 1.19. The van der Waals surface area contributed by atoms with Crippen LogP contribution in [0.3, 0.4) is 0 Å². The number of nitriles is 1. The molecule has 0 radical (unpaired) electrons. The van der Waals surface area contributed by atoms with Gasteiger partial charge in [-0.15, -0.1) is 0 Å². The normalized spacial score (nSPS) is 12.6. The number of benzene rings is 2. The van der Waals surface area contributed by atoms with Crippen LogP contribution in [0.15, 0.2) is 47.4 Å². The van der Waals surface area contributed by atoms with Gasteiger partial charge < -0.3 is 5.32 Å². The molecular formula is C19H22FN3O2S. The number of hydrogen-bond donors (Lipinski definition) is 1. The van der Waals surface area contributed by atoms with E-state index in [1.54, 1.807) is 44.2 Å². The second-order valence-corrected chi connectivity index (χ2v) is 7.74. The monoisotopic (exact) mass is 375 g/mol. The van der Waals surface area contributed by atoms with Crippen molar-refractivity contribution in [3.8, 4) is 6.07 Å². The Morgan fingerprint density at radius 2 is 1.77 bits per heavy atom. The SMILES string of the molecule is CCN(CC)S(=O)(=O)c1ccc([C@H](C)Nc2cccc(F)c2C#N)cc1. The summed E-state index contributed by atoms with van der Waals surface area (Å²) in [6.07, 6.45) is 0. The van der Waals surface area contributed by atoms with Gasteiger partial charge >= 0.3 is 0 Å². The molecule has 0 aliphatic rings. The third-order valence-electron chi connectivity index (χ3n) is 4.22. The zero-order valence-electron chi connectivity index (χ0n) is 15.0. The van der Waals surface area contributed by atoms with Crippen LogP contribution in [0.1, 0.15) is 37.9 Å². The second kappa shape index (κ2) is 8.30. The molecule has 0 aromatic heterocycles. The first-order valence-corrected chi connectivity index (χ1v) is 9.84. The van der Waals surface area contributed by atoms with Crippen molar-refractivity contribution >= 4 is 15.7 Å². The highest BCUT2D eigenvalue weighted by Crippen LogP contribution is 2.25. The van der Waals surface area contributed by atoms with Crippen molar-refractivity contribution in [2.24, 2.45) is 0 Å². The Morgan fingerprint density at radius 1 is 1.15 bits per heavy atom. The van der Waals surface area contributed by atoms with Crippen LogP contribution in [-0.4, -0.2) is 25.8 Å². The Hall–Kier alpha value is -2.43. The highest BCUT2D eigenvalue weighted by molar-refractivity contribution is 7.89. The molecule has 0 saturated heterocycles. The van der Waals surface area contributed by atoms with Gasteiger partial charge in [0.15, 0.2) is 0 Å². The van der Waals surface area contributed by atoms with Crippen molar-refractivity contribution in [3.63, 3.8) is 0 Å². The molecule has 0 fully saturated rings. The average molecular weight is 375 g/mol. The molecule has 0 saturated carbocycles. The summed E-state index contributed by atoms with van der Waals surface area (Å²) in [7, 11) is -3.50. The van der Waals surface area contributed by atoms with E-state index in [0.29, 0.717) is 18.8 Å². The van der Waals surface area contributed by atoms with Crippen molar-refractivity contribution in [1.82, 2.24) is 4.31 Å². The van der Waals surface area contributed by atoms with Crippen molar-refractivity contribution in [3.05, 3.63) is 59.4 Å². The number of rotatable bonds is 7. The van der Waals surface area contributed by atoms with Crippen LogP contribution in [0.2, 0.25) is 0 Å². The summed E-state index contributed by atoms with van der Waals surface area (Å²) in [6, 6.07) is 12.6. The molecule has 0 bridgehead atoms. The van der Waals surface area contributed by atoms with Crippen LogP contribution >= 0.6 is 0 Å². The fraction of sp³-hybridized carbons (Fsp3) is 0.316. The molecule has 0 unspecified atom stereocenters. The summed E-state index contributed by atoms with van der Waals surface area (Å²) >= 11 is 0. The van der Waals surface area contributed by atoms with E-state index in [-0.39, 0.29) is 16.5 Å². The third kappa shape index (κ3) is 4.03. The fourth-order valence-corrected chi connectivity index (χ4v) is 4.17. The van der Waals surface area contributed by atoms with E-state index < -0.39 is 15.8 Å². The van der Waals surface area contributed by atoms with Crippen LogP contribution in [0.25, 0.3) is 0 Å². The molecule has 2 aromatic carbocycles. The first-order chi connectivity index (χ1) is 12.3. The highest BCUT2D eigenvalue weighted by Gasteiger charge is 2.21. The minimum atomic E-state index is -3.50. The predicted molar refractivity (Wildman–Crippen MR) is 99.7 cm³/mol. The molecule has 0 heterocycles. The molecule has 0 amide bonds. The maximum atomic E-state index is 13.7. The zero-order valence-corrected chi connectivity index (χ0v) is 15.8.